The van der Waals surface area contributed by atoms with Gasteiger partial charge in [-0.25, -0.2) is 4.39 Å². The molecule has 1 heterocycles. The number of pyridine rings is 1. The molecule has 0 spiro atoms. The number of aliphatic hydroxyl groups excluding tert-OH is 1. The highest BCUT2D eigenvalue weighted by molar-refractivity contribution is 5.07. The Morgan fingerprint density at radius 3 is 2.63 bits per heavy atom. The third kappa shape index (κ3) is 5.66. The average Bonchev–Trinajstić information content (AvgIpc) is 2.43. The van der Waals surface area contributed by atoms with Gasteiger partial charge in [0, 0.05) is 13.1 Å². The summed E-state index contributed by atoms with van der Waals surface area (Å²) in [5, 5.41) is 10.0. The summed E-state index contributed by atoms with van der Waals surface area (Å²) in [7, 11) is 0. The Labute approximate surface area is 115 Å². The van der Waals surface area contributed by atoms with Gasteiger partial charge < -0.3 is 10.0 Å². The van der Waals surface area contributed by atoms with Crippen LogP contribution in [-0.4, -0.2) is 34.6 Å². The van der Waals surface area contributed by atoms with E-state index in [9.17, 15) is 9.50 Å². The van der Waals surface area contributed by atoms with Crippen molar-refractivity contribution < 1.29 is 9.50 Å². The number of hydrogen-bond donors (Lipinski definition) is 1. The zero-order valence-electron chi connectivity index (χ0n) is 12.1. The van der Waals surface area contributed by atoms with Crippen molar-refractivity contribution in [3.05, 3.63) is 29.8 Å². The van der Waals surface area contributed by atoms with Gasteiger partial charge in [-0.05, 0) is 31.0 Å². The largest absolute Gasteiger partial charge is 0.387 e. The van der Waals surface area contributed by atoms with Crippen molar-refractivity contribution in [2.24, 2.45) is 5.92 Å². The van der Waals surface area contributed by atoms with Crippen LogP contribution in [0.1, 0.15) is 45.4 Å². The minimum absolute atomic E-state index is 0.372. The summed E-state index contributed by atoms with van der Waals surface area (Å²) in [4.78, 5) is 6.25. The zero-order chi connectivity index (χ0) is 14.3. The Morgan fingerprint density at radius 1 is 1.37 bits per heavy atom. The molecule has 1 aromatic heterocycles. The molecular formula is C15H25FN2O. The van der Waals surface area contributed by atoms with Crippen LogP contribution in [0.5, 0.6) is 0 Å². The molecule has 19 heavy (non-hydrogen) atoms. The maximum Gasteiger partial charge on any atom is 0.141 e. The van der Waals surface area contributed by atoms with Crippen LogP contribution in [0.15, 0.2) is 18.3 Å². The van der Waals surface area contributed by atoms with E-state index < -0.39 is 6.10 Å². The lowest BCUT2D eigenvalue weighted by Crippen LogP contribution is -2.30. The molecule has 1 N–H and O–H groups in total. The van der Waals surface area contributed by atoms with Crippen molar-refractivity contribution >= 4 is 0 Å². The molecule has 1 rings (SSSR count). The standard InChI is InChI=1S/C15H25FN2O/c1-4-12(3)11-18(5-2)9-8-15(19)14-7-6-13(16)10-17-14/h6-7,10,12,15,19H,4-5,8-9,11H2,1-3H3. The summed E-state index contributed by atoms with van der Waals surface area (Å²) < 4.78 is 12.7. The highest BCUT2D eigenvalue weighted by atomic mass is 19.1. The Hall–Kier alpha value is -1.00. The highest BCUT2D eigenvalue weighted by Gasteiger charge is 2.13. The topological polar surface area (TPSA) is 36.4 Å². The first-order valence-electron chi connectivity index (χ1n) is 7.08. The monoisotopic (exact) mass is 268 g/mol. The van der Waals surface area contributed by atoms with E-state index in [4.69, 9.17) is 0 Å². The first-order valence-corrected chi connectivity index (χ1v) is 7.08. The predicted octanol–water partition coefficient (Wildman–Crippen LogP) is 3.01. The van der Waals surface area contributed by atoms with E-state index in [-0.39, 0.29) is 5.82 Å². The van der Waals surface area contributed by atoms with Crippen LogP contribution in [0.4, 0.5) is 4.39 Å². The van der Waals surface area contributed by atoms with Crippen molar-refractivity contribution in [1.29, 1.82) is 0 Å². The number of aromatic nitrogens is 1. The third-order valence-corrected chi connectivity index (χ3v) is 3.52. The molecule has 108 valence electrons. The lowest BCUT2D eigenvalue weighted by Gasteiger charge is -2.24. The number of halogens is 1. The van der Waals surface area contributed by atoms with Gasteiger partial charge >= 0.3 is 0 Å². The SMILES string of the molecule is CCC(C)CN(CC)CCC(O)c1ccc(F)cn1. The molecule has 0 fully saturated rings. The second-order valence-corrected chi connectivity index (χ2v) is 5.11. The van der Waals surface area contributed by atoms with E-state index >= 15 is 0 Å². The number of aliphatic hydroxyl groups is 1. The molecule has 2 atom stereocenters. The molecule has 0 bridgehead atoms. The van der Waals surface area contributed by atoms with Gasteiger partial charge in [-0.2, -0.15) is 0 Å². The van der Waals surface area contributed by atoms with E-state index in [2.05, 4.69) is 30.7 Å². The number of nitrogens with zero attached hydrogens (tertiary/aromatic N) is 2. The van der Waals surface area contributed by atoms with Crippen LogP contribution < -0.4 is 0 Å². The summed E-state index contributed by atoms with van der Waals surface area (Å²) in [6, 6.07) is 2.88. The molecule has 0 aliphatic rings. The van der Waals surface area contributed by atoms with E-state index in [1.165, 1.54) is 12.5 Å². The van der Waals surface area contributed by atoms with Gasteiger partial charge in [0.25, 0.3) is 0 Å². The van der Waals surface area contributed by atoms with Gasteiger partial charge in [0.2, 0.25) is 0 Å². The van der Waals surface area contributed by atoms with Crippen LogP contribution in [0.3, 0.4) is 0 Å². The van der Waals surface area contributed by atoms with Crippen molar-refractivity contribution in [2.75, 3.05) is 19.6 Å². The molecule has 0 radical (unpaired) electrons. The lowest BCUT2D eigenvalue weighted by atomic mass is 10.1. The van der Waals surface area contributed by atoms with Crippen LogP contribution in [0, 0.1) is 11.7 Å². The zero-order valence-corrected chi connectivity index (χ0v) is 12.1. The van der Waals surface area contributed by atoms with Crippen LogP contribution in [0.2, 0.25) is 0 Å². The first-order chi connectivity index (χ1) is 9.06. The Bertz CT molecular complexity index is 356. The quantitative estimate of drug-likeness (QED) is 0.787. The predicted molar refractivity (Wildman–Crippen MR) is 75.3 cm³/mol. The van der Waals surface area contributed by atoms with Gasteiger partial charge in [0.1, 0.15) is 5.82 Å². The fraction of sp³-hybridized carbons (Fsp3) is 0.667. The van der Waals surface area contributed by atoms with Crippen molar-refractivity contribution in [2.45, 2.75) is 39.7 Å². The summed E-state index contributed by atoms with van der Waals surface area (Å²) in [5.41, 5.74) is 0.543. The van der Waals surface area contributed by atoms with E-state index in [1.54, 1.807) is 6.07 Å². The van der Waals surface area contributed by atoms with Crippen molar-refractivity contribution in [3.8, 4) is 0 Å². The van der Waals surface area contributed by atoms with E-state index in [1.807, 2.05) is 0 Å². The second-order valence-electron chi connectivity index (χ2n) is 5.11. The van der Waals surface area contributed by atoms with Gasteiger partial charge in [-0.15, -0.1) is 0 Å². The fourth-order valence-electron chi connectivity index (χ4n) is 1.99. The lowest BCUT2D eigenvalue weighted by molar-refractivity contribution is 0.134. The van der Waals surface area contributed by atoms with Gasteiger partial charge in [0.05, 0.1) is 18.0 Å². The normalized spacial score (nSPS) is 14.6. The molecule has 0 saturated carbocycles. The molecule has 4 heteroatoms. The van der Waals surface area contributed by atoms with E-state index in [0.717, 1.165) is 25.8 Å². The summed E-state index contributed by atoms with van der Waals surface area (Å²) in [6.07, 6.45) is 2.32. The molecule has 0 aliphatic carbocycles. The summed E-state index contributed by atoms with van der Waals surface area (Å²) in [6.45, 7) is 9.42. The Kier molecular flexibility index (Phi) is 6.95. The van der Waals surface area contributed by atoms with Crippen molar-refractivity contribution in [1.82, 2.24) is 9.88 Å². The maximum atomic E-state index is 12.7. The number of rotatable bonds is 8. The summed E-state index contributed by atoms with van der Waals surface area (Å²) >= 11 is 0. The van der Waals surface area contributed by atoms with Gasteiger partial charge in [-0.3, -0.25) is 4.98 Å². The first kappa shape index (κ1) is 16.1. The second kappa shape index (κ2) is 8.23. The molecule has 0 aliphatic heterocycles. The minimum atomic E-state index is -0.619. The van der Waals surface area contributed by atoms with E-state index in [0.29, 0.717) is 18.0 Å². The molecular weight excluding hydrogens is 243 g/mol. The molecule has 0 saturated heterocycles. The maximum absolute atomic E-state index is 12.7. The Balaban J connectivity index is 2.43. The number of hydrogen-bond acceptors (Lipinski definition) is 3. The minimum Gasteiger partial charge on any atom is -0.387 e. The molecule has 2 unspecified atom stereocenters. The van der Waals surface area contributed by atoms with Gasteiger partial charge in [0.15, 0.2) is 0 Å². The van der Waals surface area contributed by atoms with Crippen molar-refractivity contribution in [3.63, 3.8) is 0 Å². The third-order valence-electron chi connectivity index (χ3n) is 3.52. The van der Waals surface area contributed by atoms with Crippen LogP contribution >= 0.6 is 0 Å². The molecule has 3 nitrogen and oxygen atoms in total. The highest BCUT2D eigenvalue weighted by Crippen LogP contribution is 2.15. The molecule has 1 aromatic rings. The van der Waals surface area contributed by atoms with Crippen LogP contribution in [0.25, 0.3) is 0 Å². The Morgan fingerprint density at radius 2 is 2.11 bits per heavy atom. The smallest absolute Gasteiger partial charge is 0.141 e. The van der Waals surface area contributed by atoms with Gasteiger partial charge in [-0.1, -0.05) is 27.2 Å². The molecule has 0 amide bonds. The molecule has 0 aromatic carbocycles. The summed E-state index contributed by atoms with van der Waals surface area (Å²) in [5.74, 6) is 0.295. The average molecular weight is 268 g/mol. The van der Waals surface area contributed by atoms with Crippen LogP contribution in [-0.2, 0) is 0 Å². The fourth-order valence-corrected chi connectivity index (χ4v) is 1.99.